The summed E-state index contributed by atoms with van der Waals surface area (Å²) in [5, 5.41) is 0.723. The summed E-state index contributed by atoms with van der Waals surface area (Å²) in [6, 6.07) is 3.09. The van der Waals surface area contributed by atoms with E-state index in [1.165, 1.54) is 12.1 Å². The second-order valence-electron chi connectivity index (χ2n) is 10.2. The Morgan fingerprint density at radius 1 is 0.973 bits per heavy atom. The van der Waals surface area contributed by atoms with Crippen molar-refractivity contribution in [2.45, 2.75) is 45.2 Å². The second kappa shape index (κ2) is 8.54. The van der Waals surface area contributed by atoms with Gasteiger partial charge in [-0.15, -0.1) is 0 Å². The van der Waals surface area contributed by atoms with Crippen LogP contribution in [0.4, 0.5) is 9.18 Å². The first-order valence-electron chi connectivity index (χ1n) is 13.0. The molecular weight excluding hydrogens is 471 g/mol. The number of amides is 2. The lowest BCUT2D eigenvalue weighted by molar-refractivity contribution is -0.113. The van der Waals surface area contributed by atoms with Crippen LogP contribution in [-0.4, -0.2) is 60.2 Å². The normalized spacial score (nSPS) is 18.4. The zero-order chi connectivity index (χ0) is 25.1. The first-order chi connectivity index (χ1) is 18.1. The predicted octanol–water partition coefficient (Wildman–Crippen LogP) is 4.52. The summed E-state index contributed by atoms with van der Waals surface area (Å²) in [6.45, 7) is 3.04. The van der Waals surface area contributed by atoms with E-state index in [-0.39, 0.29) is 17.6 Å². The lowest BCUT2D eigenvalue weighted by Gasteiger charge is -2.32. The van der Waals surface area contributed by atoms with Crippen LogP contribution in [0, 0.1) is 5.82 Å². The fourth-order valence-electron chi connectivity index (χ4n) is 6.24. The molecule has 0 radical (unpaired) electrons. The van der Waals surface area contributed by atoms with E-state index in [2.05, 4.69) is 14.5 Å². The van der Waals surface area contributed by atoms with Crippen LogP contribution in [0.15, 0.2) is 43.1 Å². The molecule has 0 atom stereocenters. The van der Waals surface area contributed by atoms with Gasteiger partial charge in [-0.25, -0.2) is 14.2 Å². The summed E-state index contributed by atoms with van der Waals surface area (Å²) >= 11 is 0. The number of nitrogens with zero attached hydrogens (tertiary/aromatic N) is 6. The topological polar surface area (TPSA) is 75.7 Å². The number of aromatic nitrogens is 4. The quantitative estimate of drug-likeness (QED) is 0.407. The summed E-state index contributed by atoms with van der Waals surface area (Å²) < 4.78 is 19.1. The van der Waals surface area contributed by atoms with Gasteiger partial charge in [0, 0.05) is 74.3 Å². The Bertz CT molecular complexity index is 1610. The molecule has 1 saturated heterocycles. The summed E-state index contributed by atoms with van der Waals surface area (Å²) in [7, 11) is 0. The first-order valence-corrected chi connectivity index (χ1v) is 13.0. The average Bonchev–Trinajstić information content (AvgIpc) is 3.57. The fraction of sp³-hybridized carbons (Fsp3) is 0.357. The van der Waals surface area contributed by atoms with E-state index in [0.29, 0.717) is 43.7 Å². The molecule has 0 bridgehead atoms. The Morgan fingerprint density at radius 3 is 2.70 bits per heavy atom. The third kappa shape index (κ3) is 3.55. The minimum atomic E-state index is -0.359. The maximum atomic E-state index is 15.0. The zero-order valence-corrected chi connectivity index (χ0v) is 20.5. The van der Waals surface area contributed by atoms with E-state index in [9.17, 15) is 9.59 Å². The molecule has 8 nitrogen and oxygen atoms in total. The van der Waals surface area contributed by atoms with Crippen LogP contribution >= 0.6 is 0 Å². The van der Waals surface area contributed by atoms with Gasteiger partial charge in [0.2, 0.25) is 0 Å². The minimum Gasteiger partial charge on any atom is -0.345 e. The van der Waals surface area contributed by atoms with Crippen LogP contribution in [0.1, 0.15) is 48.9 Å². The van der Waals surface area contributed by atoms with Crippen molar-refractivity contribution >= 4 is 39.5 Å². The van der Waals surface area contributed by atoms with E-state index in [1.54, 1.807) is 18.6 Å². The number of halogens is 1. The van der Waals surface area contributed by atoms with Gasteiger partial charge in [-0.1, -0.05) is 0 Å². The van der Waals surface area contributed by atoms with Crippen molar-refractivity contribution in [3.05, 3.63) is 65.8 Å². The molecule has 3 aliphatic rings. The fourth-order valence-corrected chi connectivity index (χ4v) is 6.24. The molecule has 2 amide bonds. The number of piperidine rings is 1. The van der Waals surface area contributed by atoms with Crippen LogP contribution < -0.4 is 0 Å². The van der Waals surface area contributed by atoms with Crippen LogP contribution in [-0.2, 0) is 17.9 Å². The Balaban J connectivity index is 1.34. The van der Waals surface area contributed by atoms with Gasteiger partial charge >= 0.3 is 6.03 Å². The number of urea groups is 1. The standard InChI is InChI=1S/C28H27FN6O2/c29-19-12-18-16-34(28(37)32-7-2-1-3-8-32)11-10-33-17-22(21(13-19)27(18)33)26-20(4-5-24(26)36)23-14-31-25-15-30-6-9-35(23)25/h6,9,12-15,17H,1-5,7-8,10-11,16H2. The Labute approximate surface area is 213 Å². The van der Waals surface area contributed by atoms with Crippen LogP contribution in [0.2, 0.25) is 0 Å². The maximum absolute atomic E-state index is 15.0. The molecule has 3 aromatic heterocycles. The number of benzene rings is 1. The van der Waals surface area contributed by atoms with Crippen molar-refractivity contribution in [3.63, 3.8) is 0 Å². The van der Waals surface area contributed by atoms with E-state index in [0.717, 1.165) is 65.6 Å². The van der Waals surface area contributed by atoms with Crippen molar-refractivity contribution < 1.29 is 14.0 Å². The molecule has 2 aliphatic heterocycles. The molecule has 0 spiro atoms. The number of hydrogen-bond acceptors (Lipinski definition) is 4. The molecule has 1 fully saturated rings. The highest BCUT2D eigenvalue weighted by Crippen LogP contribution is 2.42. The van der Waals surface area contributed by atoms with Crippen LogP contribution in [0.5, 0.6) is 0 Å². The number of carbonyl (C=O) groups is 2. The van der Waals surface area contributed by atoms with E-state index < -0.39 is 0 Å². The first kappa shape index (κ1) is 22.2. The van der Waals surface area contributed by atoms with Crippen molar-refractivity contribution in [2.75, 3.05) is 19.6 Å². The molecule has 0 unspecified atom stereocenters. The van der Waals surface area contributed by atoms with Gasteiger partial charge in [0.25, 0.3) is 0 Å². The van der Waals surface area contributed by atoms with Crippen molar-refractivity contribution in [2.24, 2.45) is 0 Å². The highest BCUT2D eigenvalue weighted by Gasteiger charge is 2.32. The lowest BCUT2D eigenvalue weighted by Crippen LogP contribution is -2.45. The molecule has 37 heavy (non-hydrogen) atoms. The van der Waals surface area contributed by atoms with Gasteiger partial charge in [-0.05, 0) is 49.0 Å². The summed E-state index contributed by atoms with van der Waals surface area (Å²) in [5.41, 5.74) is 5.58. The van der Waals surface area contributed by atoms with E-state index in [4.69, 9.17) is 0 Å². The highest BCUT2D eigenvalue weighted by molar-refractivity contribution is 6.33. The van der Waals surface area contributed by atoms with Gasteiger partial charge in [0.15, 0.2) is 11.4 Å². The molecule has 5 heterocycles. The number of hydrogen-bond donors (Lipinski definition) is 0. The van der Waals surface area contributed by atoms with Crippen molar-refractivity contribution in [3.8, 4) is 0 Å². The Hall–Kier alpha value is -4.01. The van der Waals surface area contributed by atoms with Gasteiger partial charge < -0.3 is 14.4 Å². The molecule has 7 rings (SSSR count). The number of allylic oxidation sites excluding steroid dienone is 2. The number of Topliss-reactive ketones (excluding diaryl/α,β-unsaturated/α-hetero) is 1. The van der Waals surface area contributed by atoms with Crippen molar-refractivity contribution in [1.29, 1.82) is 0 Å². The SMILES string of the molecule is O=C1CCC(c2cnc3cnccn23)=C1c1cn2c3c(cc(F)cc13)CN(C(=O)N1CCCCC1)CC2. The average molecular weight is 499 g/mol. The number of imidazole rings is 1. The monoisotopic (exact) mass is 498 g/mol. The lowest BCUT2D eigenvalue weighted by atomic mass is 9.98. The molecule has 0 saturated carbocycles. The number of fused-ring (bicyclic) bond motifs is 1. The van der Waals surface area contributed by atoms with E-state index in [1.807, 2.05) is 26.6 Å². The Morgan fingerprint density at radius 2 is 1.84 bits per heavy atom. The number of carbonyl (C=O) groups excluding carboxylic acids is 2. The third-order valence-electron chi connectivity index (χ3n) is 7.96. The van der Waals surface area contributed by atoms with Gasteiger partial charge in [0.1, 0.15) is 5.82 Å². The number of rotatable bonds is 2. The van der Waals surface area contributed by atoms with Crippen LogP contribution in [0.3, 0.4) is 0 Å². The molecule has 9 heteroatoms. The summed E-state index contributed by atoms with van der Waals surface area (Å²) in [6.07, 6.45) is 13.2. The summed E-state index contributed by atoms with van der Waals surface area (Å²) in [5.74, 6) is -0.301. The number of likely N-dealkylation sites (tertiary alicyclic amines) is 1. The molecular formula is C28H27FN6O2. The molecule has 0 N–H and O–H groups in total. The zero-order valence-electron chi connectivity index (χ0n) is 20.5. The largest absolute Gasteiger partial charge is 0.345 e. The molecule has 188 valence electrons. The molecule has 1 aliphatic carbocycles. The number of ketones is 1. The highest BCUT2D eigenvalue weighted by atomic mass is 19.1. The molecule has 1 aromatic carbocycles. The van der Waals surface area contributed by atoms with Gasteiger partial charge in [-0.2, -0.15) is 0 Å². The second-order valence-corrected chi connectivity index (χ2v) is 10.2. The minimum absolute atomic E-state index is 0.0288. The Kier molecular flexibility index (Phi) is 5.12. The van der Waals surface area contributed by atoms with Crippen LogP contribution in [0.25, 0.3) is 27.7 Å². The maximum Gasteiger partial charge on any atom is 0.320 e. The van der Waals surface area contributed by atoms with E-state index >= 15 is 4.39 Å². The van der Waals surface area contributed by atoms with Crippen molar-refractivity contribution in [1.82, 2.24) is 28.7 Å². The smallest absolute Gasteiger partial charge is 0.320 e. The summed E-state index contributed by atoms with van der Waals surface area (Å²) in [4.78, 5) is 38.9. The van der Waals surface area contributed by atoms with Gasteiger partial charge in [-0.3, -0.25) is 14.2 Å². The predicted molar refractivity (Wildman–Crippen MR) is 137 cm³/mol. The molecule has 4 aromatic rings. The van der Waals surface area contributed by atoms with Gasteiger partial charge in [0.05, 0.1) is 23.6 Å². The third-order valence-corrected chi connectivity index (χ3v) is 7.96.